The minimum Gasteiger partial charge on any atom is -0.378 e. The van der Waals surface area contributed by atoms with Gasteiger partial charge in [0.2, 0.25) is 11.8 Å². The predicted octanol–water partition coefficient (Wildman–Crippen LogP) is 0.375. The molecular formula is C25H28N10O4. The van der Waals surface area contributed by atoms with E-state index >= 15 is 0 Å². The quantitative estimate of drug-likeness (QED) is 0.382. The Morgan fingerprint density at radius 2 is 1.74 bits per heavy atom. The van der Waals surface area contributed by atoms with E-state index in [0.717, 1.165) is 12.8 Å². The van der Waals surface area contributed by atoms with Gasteiger partial charge in [0.15, 0.2) is 11.5 Å². The molecule has 14 heteroatoms. The average Bonchev–Trinajstić information content (AvgIpc) is 2.98. The summed E-state index contributed by atoms with van der Waals surface area (Å²) in [5.41, 5.74) is 6.54. The standard InChI is InChI=1S/C25H28N10O4/c26-20(36)19-21(29-17-6-4-16(5-7-17)24(38)34-11-13-39-14-12-34)31-25(33-32-19)35-10-1-3-18(15-35)30-23(37)22-27-8-2-9-28-22/h2,4-9,18H,1,3,10-15H2,(H2,26,36)(H,30,37)(H,29,31,33)/t18-/m1/s1. The number of amides is 3. The van der Waals surface area contributed by atoms with Crippen molar-refractivity contribution in [1.82, 2.24) is 35.4 Å². The number of primary amides is 1. The van der Waals surface area contributed by atoms with Crippen molar-refractivity contribution in [1.29, 1.82) is 0 Å². The second-order valence-corrected chi connectivity index (χ2v) is 9.11. The highest BCUT2D eigenvalue weighted by Gasteiger charge is 2.26. The summed E-state index contributed by atoms with van der Waals surface area (Å²) >= 11 is 0. The van der Waals surface area contributed by atoms with Crippen LogP contribution in [0.25, 0.3) is 0 Å². The van der Waals surface area contributed by atoms with Crippen LogP contribution in [0, 0.1) is 0 Å². The van der Waals surface area contributed by atoms with Gasteiger partial charge < -0.3 is 30.9 Å². The van der Waals surface area contributed by atoms with E-state index in [9.17, 15) is 14.4 Å². The van der Waals surface area contributed by atoms with E-state index in [4.69, 9.17) is 10.5 Å². The van der Waals surface area contributed by atoms with Gasteiger partial charge in [-0.05, 0) is 43.2 Å². The maximum absolute atomic E-state index is 12.7. The van der Waals surface area contributed by atoms with Crippen LogP contribution in [0.15, 0.2) is 42.7 Å². The smallest absolute Gasteiger partial charge is 0.289 e. The first-order chi connectivity index (χ1) is 19.0. The van der Waals surface area contributed by atoms with Crippen molar-refractivity contribution in [3.63, 3.8) is 0 Å². The van der Waals surface area contributed by atoms with Gasteiger partial charge in [-0.15, -0.1) is 10.2 Å². The number of rotatable bonds is 7. The van der Waals surface area contributed by atoms with E-state index < -0.39 is 5.91 Å². The molecule has 1 atom stereocenters. The molecule has 2 fully saturated rings. The van der Waals surface area contributed by atoms with Crippen LogP contribution in [0.1, 0.15) is 44.3 Å². The molecule has 4 N–H and O–H groups in total. The molecule has 5 rings (SSSR count). The highest BCUT2D eigenvalue weighted by atomic mass is 16.5. The Bertz CT molecular complexity index is 1330. The molecule has 1 aromatic carbocycles. The van der Waals surface area contributed by atoms with Crippen molar-refractivity contribution in [3.05, 3.63) is 59.8 Å². The Hall–Kier alpha value is -4.72. The summed E-state index contributed by atoms with van der Waals surface area (Å²) in [4.78, 5) is 53.4. The van der Waals surface area contributed by atoms with Gasteiger partial charge in [0, 0.05) is 55.9 Å². The first-order valence-corrected chi connectivity index (χ1v) is 12.6. The molecule has 14 nitrogen and oxygen atoms in total. The predicted molar refractivity (Wildman–Crippen MR) is 140 cm³/mol. The molecule has 0 unspecified atom stereocenters. The first-order valence-electron chi connectivity index (χ1n) is 12.6. The number of anilines is 3. The fraction of sp³-hybridized carbons (Fsp3) is 0.360. The van der Waals surface area contributed by atoms with Crippen molar-refractivity contribution < 1.29 is 19.1 Å². The van der Waals surface area contributed by atoms with E-state index in [0.29, 0.717) is 50.6 Å². The number of benzene rings is 1. The van der Waals surface area contributed by atoms with Gasteiger partial charge >= 0.3 is 0 Å². The van der Waals surface area contributed by atoms with E-state index in [1.807, 2.05) is 4.90 Å². The van der Waals surface area contributed by atoms with Gasteiger partial charge in [0.1, 0.15) is 0 Å². The second kappa shape index (κ2) is 11.8. The van der Waals surface area contributed by atoms with Crippen LogP contribution in [0.3, 0.4) is 0 Å². The highest BCUT2D eigenvalue weighted by molar-refractivity contribution is 5.97. The van der Waals surface area contributed by atoms with Crippen LogP contribution >= 0.6 is 0 Å². The van der Waals surface area contributed by atoms with E-state index in [2.05, 4.69) is 35.8 Å². The molecule has 4 heterocycles. The molecule has 3 aromatic rings. The summed E-state index contributed by atoms with van der Waals surface area (Å²) in [6, 6.07) is 8.31. The molecule has 0 aliphatic carbocycles. The minimum atomic E-state index is -0.783. The van der Waals surface area contributed by atoms with E-state index in [1.54, 1.807) is 35.2 Å². The van der Waals surface area contributed by atoms with Crippen molar-refractivity contribution in [3.8, 4) is 0 Å². The third kappa shape index (κ3) is 6.23. The minimum absolute atomic E-state index is 0.0702. The molecule has 2 aliphatic rings. The molecule has 2 aliphatic heterocycles. The lowest BCUT2D eigenvalue weighted by Crippen LogP contribution is -2.48. The topological polar surface area (TPSA) is 181 Å². The molecule has 2 aromatic heterocycles. The number of piperidine rings is 1. The number of ether oxygens (including phenoxy) is 1. The number of nitrogens with zero attached hydrogens (tertiary/aromatic N) is 7. The molecule has 3 amide bonds. The first kappa shape index (κ1) is 25.9. The van der Waals surface area contributed by atoms with E-state index in [-0.39, 0.29) is 41.1 Å². The third-order valence-electron chi connectivity index (χ3n) is 6.41. The highest BCUT2D eigenvalue weighted by Crippen LogP contribution is 2.22. The Kier molecular flexibility index (Phi) is 7.82. The Labute approximate surface area is 224 Å². The SMILES string of the molecule is NC(=O)c1nnc(N2CCC[C@@H](NC(=O)c3ncccn3)C2)nc1Nc1ccc(C(=O)N2CCOCC2)cc1. The summed E-state index contributed by atoms with van der Waals surface area (Å²) < 4.78 is 5.31. The monoisotopic (exact) mass is 532 g/mol. The molecule has 0 spiro atoms. The number of hydrogen-bond acceptors (Lipinski definition) is 11. The lowest BCUT2D eigenvalue weighted by Gasteiger charge is -2.32. The van der Waals surface area contributed by atoms with Gasteiger partial charge in [-0.1, -0.05) is 0 Å². The summed E-state index contributed by atoms with van der Waals surface area (Å²) in [6.45, 7) is 3.23. The third-order valence-corrected chi connectivity index (χ3v) is 6.41. The fourth-order valence-electron chi connectivity index (χ4n) is 4.43. The molecular weight excluding hydrogens is 504 g/mol. The van der Waals surface area contributed by atoms with Crippen molar-refractivity contribution in [2.45, 2.75) is 18.9 Å². The van der Waals surface area contributed by atoms with Crippen LogP contribution in [-0.2, 0) is 4.74 Å². The Balaban J connectivity index is 1.29. The zero-order valence-corrected chi connectivity index (χ0v) is 21.1. The van der Waals surface area contributed by atoms with Gasteiger partial charge in [-0.2, -0.15) is 4.98 Å². The zero-order valence-electron chi connectivity index (χ0n) is 21.1. The van der Waals surface area contributed by atoms with Crippen molar-refractivity contribution in [2.75, 3.05) is 49.6 Å². The maximum Gasteiger partial charge on any atom is 0.289 e. The molecule has 0 bridgehead atoms. The Morgan fingerprint density at radius 1 is 1.00 bits per heavy atom. The van der Waals surface area contributed by atoms with Gasteiger partial charge in [-0.25, -0.2) is 9.97 Å². The average molecular weight is 533 g/mol. The number of carbonyl (C=O) groups is 3. The maximum atomic E-state index is 12.7. The largest absolute Gasteiger partial charge is 0.378 e. The van der Waals surface area contributed by atoms with Crippen molar-refractivity contribution in [2.24, 2.45) is 5.73 Å². The number of carbonyl (C=O) groups excluding carboxylic acids is 3. The molecule has 0 radical (unpaired) electrons. The zero-order chi connectivity index (χ0) is 27.2. The van der Waals surface area contributed by atoms with E-state index in [1.165, 1.54) is 12.4 Å². The summed E-state index contributed by atoms with van der Waals surface area (Å²) in [5.74, 6) is -0.680. The van der Waals surface area contributed by atoms with Gasteiger partial charge in [0.25, 0.3) is 17.7 Å². The lowest BCUT2D eigenvalue weighted by atomic mass is 10.1. The number of morpholine rings is 1. The van der Waals surface area contributed by atoms with Gasteiger partial charge in [-0.3, -0.25) is 14.4 Å². The Morgan fingerprint density at radius 3 is 2.46 bits per heavy atom. The number of hydrogen-bond donors (Lipinski definition) is 3. The summed E-state index contributed by atoms with van der Waals surface area (Å²) in [7, 11) is 0. The van der Waals surface area contributed by atoms with Gasteiger partial charge in [0.05, 0.1) is 13.2 Å². The normalized spacial score (nSPS) is 17.4. The molecule has 39 heavy (non-hydrogen) atoms. The van der Waals surface area contributed by atoms with Crippen molar-refractivity contribution >= 4 is 35.2 Å². The number of nitrogens with one attached hydrogen (secondary N) is 2. The van der Waals surface area contributed by atoms with Crippen LogP contribution in [0.5, 0.6) is 0 Å². The van der Waals surface area contributed by atoms with Crippen LogP contribution < -0.4 is 21.3 Å². The van der Waals surface area contributed by atoms with Crippen LogP contribution in [0.2, 0.25) is 0 Å². The molecule has 2 saturated heterocycles. The molecule has 202 valence electrons. The fourth-order valence-corrected chi connectivity index (χ4v) is 4.43. The summed E-state index contributed by atoms with van der Waals surface area (Å²) in [5, 5.41) is 14.2. The lowest BCUT2D eigenvalue weighted by molar-refractivity contribution is 0.0303. The summed E-state index contributed by atoms with van der Waals surface area (Å²) in [6.07, 6.45) is 4.57. The number of aromatic nitrogens is 5. The number of nitrogens with two attached hydrogens (primary N) is 1. The second-order valence-electron chi connectivity index (χ2n) is 9.11. The van der Waals surface area contributed by atoms with Crippen LogP contribution in [-0.4, -0.2) is 93.2 Å². The molecule has 0 saturated carbocycles. The van der Waals surface area contributed by atoms with Crippen LogP contribution in [0.4, 0.5) is 17.5 Å².